The van der Waals surface area contributed by atoms with Gasteiger partial charge in [0.05, 0.1) is 0 Å². The lowest BCUT2D eigenvalue weighted by Gasteiger charge is -2.39. The van der Waals surface area contributed by atoms with E-state index in [0.717, 1.165) is 13.0 Å². The molecule has 0 saturated heterocycles. The van der Waals surface area contributed by atoms with Crippen LogP contribution in [0.25, 0.3) is 0 Å². The maximum absolute atomic E-state index is 6.38. The highest BCUT2D eigenvalue weighted by atomic mass is 35.6. The van der Waals surface area contributed by atoms with Gasteiger partial charge in [-0.25, -0.2) is 0 Å². The molecule has 0 aliphatic heterocycles. The quantitative estimate of drug-likeness (QED) is 0.539. The molecule has 0 amide bonds. The topological polar surface area (TPSA) is 3.24 Å². The number of hydrogen-bond donors (Lipinski definition) is 0. The molecule has 74 valence electrons. The summed E-state index contributed by atoms with van der Waals surface area (Å²) in [4.78, 5) is 0. The molecule has 0 aromatic carbocycles. The van der Waals surface area contributed by atoms with Crippen LogP contribution in [0.3, 0.4) is 0 Å². The summed E-state index contributed by atoms with van der Waals surface area (Å²) < 4.78 is 2.36. The molecule has 0 N–H and O–H groups in total. The van der Waals surface area contributed by atoms with Crippen molar-refractivity contribution in [3.8, 4) is 0 Å². The van der Waals surface area contributed by atoms with E-state index < -0.39 is 15.1 Å². The molecule has 0 aromatic heterocycles. The third-order valence-corrected chi connectivity index (χ3v) is 10.2. The van der Waals surface area contributed by atoms with Crippen LogP contribution < -0.4 is 0 Å². The molecule has 0 rings (SSSR count). The van der Waals surface area contributed by atoms with E-state index in [-0.39, 0.29) is 0 Å². The Bertz CT molecular complexity index is 125. The van der Waals surface area contributed by atoms with Crippen molar-refractivity contribution in [1.29, 1.82) is 0 Å². The van der Waals surface area contributed by atoms with E-state index in [1.165, 1.54) is 0 Å². The minimum Gasteiger partial charge on any atom is -0.322 e. The van der Waals surface area contributed by atoms with E-state index in [2.05, 4.69) is 37.3 Å². The van der Waals surface area contributed by atoms with Crippen LogP contribution in [0.5, 0.6) is 0 Å². The molecule has 0 aliphatic rings. The number of hydrogen-bond acceptors (Lipinski definition) is 1. The van der Waals surface area contributed by atoms with Gasteiger partial charge in [-0.1, -0.05) is 6.92 Å². The monoisotopic (exact) mass is 243 g/mol. The highest BCUT2D eigenvalue weighted by molar-refractivity contribution is 7.28. The average Bonchev–Trinajstić information content (AvgIpc) is 1.77. The fourth-order valence-electron chi connectivity index (χ4n) is 1.39. The average molecular weight is 244 g/mol. The van der Waals surface area contributed by atoms with E-state index in [1.54, 1.807) is 0 Å². The minimum atomic E-state index is -1.71. The predicted molar refractivity (Wildman–Crippen MR) is 63.7 cm³/mol. The molecule has 0 unspecified atom stereocenters. The summed E-state index contributed by atoms with van der Waals surface area (Å²) in [6.07, 6.45) is 1.13. The second kappa shape index (κ2) is 4.46. The molecule has 12 heavy (non-hydrogen) atoms. The lowest BCUT2D eigenvalue weighted by molar-refractivity contribution is 0.620. The summed E-state index contributed by atoms with van der Waals surface area (Å²) in [5, 5.41) is 0. The van der Waals surface area contributed by atoms with Gasteiger partial charge in [0.15, 0.2) is 0 Å². The Labute approximate surface area is 87.6 Å². The fourth-order valence-corrected chi connectivity index (χ4v) is 12.7. The van der Waals surface area contributed by atoms with Crippen LogP contribution in [0, 0.1) is 0 Å². The smallest absolute Gasteiger partial charge is 0.217 e. The Morgan fingerprint density at radius 3 is 1.42 bits per heavy atom. The highest BCUT2D eigenvalue weighted by Gasteiger charge is 2.38. The number of halogens is 2. The third kappa shape index (κ3) is 4.28. The van der Waals surface area contributed by atoms with Gasteiger partial charge in [0.1, 0.15) is 0 Å². The first-order chi connectivity index (χ1) is 5.19. The molecule has 0 saturated carbocycles. The van der Waals surface area contributed by atoms with Gasteiger partial charge in [0.2, 0.25) is 15.1 Å². The molecule has 0 spiro atoms. The van der Waals surface area contributed by atoms with Gasteiger partial charge >= 0.3 is 0 Å². The zero-order chi connectivity index (χ0) is 9.99. The fraction of sp³-hybridized carbons (Fsp3) is 1.00. The predicted octanol–water partition coefficient (Wildman–Crippen LogP) is 3.58. The van der Waals surface area contributed by atoms with Crippen LogP contribution in [-0.4, -0.2) is 25.9 Å². The van der Waals surface area contributed by atoms with Gasteiger partial charge in [-0.15, -0.1) is 22.2 Å². The van der Waals surface area contributed by atoms with Crippen molar-refractivity contribution in [2.75, 3.05) is 6.54 Å². The standard InChI is InChI=1S/C7H19Cl2NSi2/c1-6-7-10(11(2,3)8)12(4,5)9/h6-7H2,1-5H3. The second-order valence-electron chi connectivity index (χ2n) is 3.97. The van der Waals surface area contributed by atoms with Crippen molar-refractivity contribution in [2.45, 2.75) is 39.5 Å². The van der Waals surface area contributed by atoms with Crippen molar-refractivity contribution < 1.29 is 0 Å². The first kappa shape index (κ1) is 13.0. The Morgan fingerprint density at radius 2 is 1.33 bits per heavy atom. The van der Waals surface area contributed by atoms with Gasteiger partial charge in [-0.3, -0.25) is 0 Å². The Kier molecular flexibility index (Phi) is 4.83. The second-order valence-corrected chi connectivity index (χ2v) is 16.7. The molecule has 0 fully saturated rings. The molecule has 1 nitrogen and oxygen atoms in total. The van der Waals surface area contributed by atoms with Gasteiger partial charge < -0.3 is 4.23 Å². The first-order valence-corrected chi connectivity index (χ1v) is 12.3. The van der Waals surface area contributed by atoms with Crippen LogP contribution in [-0.2, 0) is 0 Å². The molecule has 0 aromatic rings. The summed E-state index contributed by atoms with van der Waals surface area (Å²) in [6.45, 7) is 11.8. The summed E-state index contributed by atoms with van der Waals surface area (Å²) in [6, 6.07) is 0. The Morgan fingerprint density at radius 1 is 1.00 bits per heavy atom. The lowest BCUT2D eigenvalue weighted by atomic mass is 10.5. The maximum Gasteiger partial charge on any atom is 0.217 e. The molecule has 0 heterocycles. The summed E-state index contributed by atoms with van der Waals surface area (Å²) >= 11 is 12.8. The van der Waals surface area contributed by atoms with Gasteiger partial charge in [-0.05, 0) is 39.2 Å². The van der Waals surface area contributed by atoms with Gasteiger partial charge in [0, 0.05) is 0 Å². The van der Waals surface area contributed by atoms with Crippen LogP contribution >= 0.6 is 22.2 Å². The van der Waals surface area contributed by atoms with E-state index in [4.69, 9.17) is 22.2 Å². The Balaban J connectivity index is 4.45. The van der Waals surface area contributed by atoms with Crippen molar-refractivity contribution in [3.63, 3.8) is 0 Å². The van der Waals surface area contributed by atoms with Crippen molar-refractivity contribution >= 4 is 37.2 Å². The van der Waals surface area contributed by atoms with Crippen molar-refractivity contribution in [3.05, 3.63) is 0 Å². The summed E-state index contributed by atoms with van der Waals surface area (Å²) in [5.74, 6) is 0. The van der Waals surface area contributed by atoms with E-state index >= 15 is 0 Å². The largest absolute Gasteiger partial charge is 0.322 e. The van der Waals surface area contributed by atoms with E-state index in [0.29, 0.717) is 0 Å². The van der Waals surface area contributed by atoms with Crippen LogP contribution in [0.1, 0.15) is 13.3 Å². The molecular weight excluding hydrogens is 225 g/mol. The van der Waals surface area contributed by atoms with Crippen molar-refractivity contribution in [2.24, 2.45) is 0 Å². The van der Waals surface area contributed by atoms with Gasteiger partial charge in [-0.2, -0.15) is 0 Å². The van der Waals surface area contributed by atoms with Crippen LogP contribution in [0.2, 0.25) is 26.2 Å². The SMILES string of the molecule is CCCN([Si](C)(C)Cl)[Si](C)(C)Cl. The molecule has 0 radical (unpaired) electrons. The molecule has 0 atom stereocenters. The van der Waals surface area contributed by atoms with Gasteiger partial charge in [0.25, 0.3) is 0 Å². The molecule has 0 bridgehead atoms. The first-order valence-electron chi connectivity index (χ1n) is 4.35. The van der Waals surface area contributed by atoms with Crippen LogP contribution in [0.15, 0.2) is 0 Å². The molecular formula is C7H19Cl2NSi2. The van der Waals surface area contributed by atoms with Crippen molar-refractivity contribution in [1.82, 2.24) is 4.23 Å². The highest BCUT2D eigenvalue weighted by Crippen LogP contribution is 2.25. The summed E-state index contributed by atoms with van der Waals surface area (Å²) in [7, 11) is -3.42. The lowest BCUT2D eigenvalue weighted by Crippen LogP contribution is -2.56. The zero-order valence-electron chi connectivity index (χ0n) is 8.62. The summed E-state index contributed by atoms with van der Waals surface area (Å²) in [5.41, 5.74) is 0. The minimum absolute atomic E-state index is 1.05. The van der Waals surface area contributed by atoms with E-state index in [9.17, 15) is 0 Å². The third-order valence-electron chi connectivity index (χ3n) is 1.73. The normalized spacial score (nSPS) is 14.0. The number of rotatable bonds is 4. The number of nitrogens with zero attached hydrogens (tertiary/aromatic N) is 1. The zero-order valence-corrected chi connectivity index (χ0v) is 12.1. The maximum atomic E-state index is 6.38. The Hall–Kier alpha value is 0.974. The van der Waals surface area contributed by atoms with Crippen LogP contribution in [0.4, 0.5) is 0 Å². The molecule has 0 aliphatic carbocycles. The van der Waals surface area contributed by atoms with E-state index in [1.807, 2.05) is 0 Å². The molecule has 5 heteroatoms.